The van der Waals surface area contributed by atoms with Gasteiger partial charge >= 0.3 is 0 Å². The molecule has 0 saturated carbocycles. The maximum absolute atomic E-state index is 3.65. The Morgan fingerprint density at radius 3 is 2.63 bits per heavy atom. The van der Waals surface area contributed by atoms with Crippen molar-refractivity contribution in [3.63, 3.8) is 0 Å². The molecule has 1 aromatic carbocycles. The summed E-state index contributed by atoms with van der Waals surface area (Å²) in [5.41, 5.74) is 1.47. The molecular weight excluding hydrogens is 252 g/mol. The van der Waals surface area contributed by atoms with E-state index in [2.05, 4.69) is 59.2 Å². The molecule has 3 heteroatoms. The monoisotopic (exact) mass is 276 g/mol. The topological polar surface area (TPSA) is 15.3 Å². The lowest BCUT2D eigenvalue weighted by molar-refractivity contribution is 0.0799. The van der Waals surface area contributed by atoms with Crippen LogP contribution in [-0.4, -0.2) is 41.6 Å². The molecule has 0 aromatic heterocycles. The highest BCUT2D eigenvalue weighted by atomic mass is 32.2. The van der Waals surface area contributed by atoms with Crippen LogP contribution >= 0.6 is 11.8 Å². The van der Waals surface area contributed by atoms with Crippen molar-refractivity contribution in [1.82, 2.24) is 10.2 Å². The van der Waals surface area contributed by atoms with Gasteiger partial charge in [-0.2, -0.15) is 11.8 Å². The van der Waals surface area contributed by atoms with E-state index in [9.17, 15) is 0 Å². The number of thioether (sulfide) groups is 1. The summed E-state index contributed by atoms with van der Waals surface area (Å²) >= 11 is 2.12. The Kier molecular flexibility index (Phi) is 4.46. The highest BCUT2D eigenvalue weighted by Crippen LogP contribution is 2.31. The first-order valence-electron chi connectivity index (χ1n) is 7.46. The van der Waals surface area contributed by atoms with Crippen molar-refractivity contribution in [2.75, 3.05) is 24.6 Å². The maximum Gasteiger partial charge on any atom is 0.0476 e. The van der Waals surface area contributed by atoms with Gasteiger partial charge in [-0.25, -0.2) is 0 Å². The van der Waals surface area contributed by atoms with Gasteiger partial charge < -0.3 is 5.32 Å². The predicted molar refractivity (Wildman–Crippen MR) is 83.7 cm³/mol. The quantitative estimate of drug-likeness (QED) is 0.894. The molecule has 2 nitrogen and oxygen atoms in total. The van der Waals surface area contributed by atoms with Crippen molar-refractivity contribution in [3.8, 4) is 0 Å². The van der Waals surface area contributed by atoms with E-state index in [0.29, 0.717) is 12.1 Å². The van der Waals surface area contributed by atoms with Crippen LogP contribution in [0.3, 0.4) is 0 Å². The standard InChI is InChI=1S/C16H24N2S/c1-13-12-18(15-7-9-19-10-8-15)16(11-17-13)14-5-3-2-4-6-14/h2-6,13,15-17H,7-12H2,1H3. The third-order valence-corrected chi connectivity index (χ3v) is 5.44. The summed E-state index contributed by atoms with van der Waals surface area (Å²) in [5.74, 6) is 2.68. The number of hydrogen-bond acceptors (Lipinski definition) is 3. The molecule has 0 radical (unpaired) electrons. The fourth-order valence-corrected chi connectivity index (χ4v) is 4.42. The predicted octanol–water partition coefficient (Wildman–Crippen LogP) is 2.92. The van der Waals surface area contributed by atoms with Gasteiger partial charge in [0, 0.05) is 31.2 Å². The van der Waals surface area contributed by atoms with Crippen LogP contribution in [0.5, 0.6) is 0 Å². The molecule has 2 saturated heterocycles. The van der Waals surface area contributed by atoms with Gasteiger partial charge in [0.1, 0.15) is 0 Å². The van der Waals surface area contributed by atoms with E-state index >= 15 is 0 Å². The van der Waals surface area contributed by atoms with Gasteiger partial charge in [-0.05, 0) is 36.8 Å². The van der Waals surface area contributed by atoms with E-state index in [0.717, 1.165) is 12.6 Å². The molecule has 2 aliphatic heterocycles. The van der Waals surface area contributed by atoms with Gasteiger partial charge in [-0.3, -0.25) is 4.90 Å². The van der Waals surface area contributed by atoms with Crippen molar-refractivity contribution >= 4 is 11.8 Å². The molecule has 19 heavy (non-hydrogen) atoms. The van der Waals surface area contributed by atoms with Crippen LogP contribution in [0.4, 0.5) is 0 Å². The Labute approximate surface area is 121 Å². The second-order valence-corrected chi connectivity index (χ2v) is 7.00. The molecular formula is C16H24N2S. The molecule has 0 aliphatic carbocycles. The van der Waals surface area contributed by atoms with Crippen molar-refractivity contribution in [2.45, 2.75) is 37.9 Å². The molecule has 2 atom stereocenters. The Morgan fingerprint density at radius 1 is 1.16 bits per heavy atom. The second kappa shape index (κ2) is 6.29. The highest BCUT2D eigenvalue weighted by Gasteiger charge is 2.32. The zero-order chi connectivity index (χ0) is 13.1. The Balaban J connectivity index is 1.79. The van der Waals surface area contributed by atoms with Gasteiger partial charge in [0.15, 0.2) is 0 Å². The van der Waals surface area contributed by atoms with Gasteiger partial charge in [0.25, 0.3) is 0 Å². The van der Waals surface area contributed by atoms with E-state index in [1.807, 2.05) is 0 Å². The van der Waals surface area contributed by atoms with Crippen LogP contribution in [-0.2, 0) is 0 Å². The number of hydrogen-bond donors (Lipinski definition) is 1. The number of nitrogens with one attached hydrogen (secondary N) is 1. The first-order chi connectivity index (χ1) is 9.34. The van der Waals surface area contributed by atoms with Crippen molar-refractivity contribution in [3.05, 3.63) is 35.9 Å². The largest absolute Gasteiger partial charge is 0.311 e. The van der Waals surface area contributed by atoms with Crippen molar-refractivity contribution in [2.24, 2.45) is 0 Å². The van der Waals surface area contributed by atoms with E-state index < -0.39 is 0 Å². The molecule has 3 rings (SSSR count). The fraction of sp³-hybridized carbons (Fsp3) is 0.625. The fourth-order valence-electron chi connectivity index (χ4n) is 3.34. The van der Waals surface area contributed by atoms with Crippen LogP contribution in [0, 0.1) is 0 Å². The Bertz CT molecular complexity index is 389. The minimum atomic E-state index is 0.561. The van der Waals surface area contributed by atoms with Crippen LogP contribution in [0.25, 0.3) is 0 Å². The molecule has 0 spiro atoms. The van der Waals surface area contributed by atoms with Crippen molar-refractivity contribution in [1.29, 1.82) is 0 Å². The van der Waals surface area contributed by atoms with Gasteiger partial charge in [-0.1, -0.05) is 30.3 Å². The van der Waals surface area contributed by atoms with E-state index in [1.165, 1.54) is 36.5 Å². The second-order valence-electron chi connectivity index (χ2n) is 5.78. The van der Waals surface area contributed by atoms with Gasteiger partial charge in [0.05, 0.1) is 0 Å². The van der Waals surface area contributed by atoms with E-state index in [-0.39, 0.29) is 0 Å². The molecule has 2 aliphatic rings. The maximum atomic E-state index is 3.65. The minimum Gasteiger partial charge on any atom is -0.311 e. The first-order valence-corrected chi connectivity index (χ1v) is 8.62. The molecule has 0 bridgehead atoms. The number of benzene rings is 1. The molecule has 0 amide bonds. The highest BCUT2D eigenvalue weighted by molar-refractivity contribution is 7.99. The lowest BCUT2D eigenvalue weighted by Crippen LogP contribution is -2.55. The summed E-state index contributed by atoms with van der Waals surface area (Å²) in [6, 6.07) is 13.0. The smallest absolute Gasteiger partial charge is 0.0476 e. The lowest BCUT2D eigenvalue weighted by atomic mass is 9.97. The molecule has 1 aromatic rings. The normalized spacial score (nSPS) is 30.4. The molecule has 104 valence electrons. The van der Waals surface area contributed by atoms with Crippen LogP contribution in [0.2, 0.25) is 0 Å². The summed E-state index contributed by atoms with van der Waals surface area (Å²) in [6.45, 7) is 4.59. The molecule has 1 N–H and O–H groups in total. The Morgan fingerprint density at radius 2 is 1.89 bits per heavy atom. The number of nitrogens with zero attached hydrogens (tertiary/aromatic N) is 1. The van der Waals surface area contributed by atoms with E-state index in [4.69, 9.17) is 0 Å². The van der Waals surface area contributed by atoms with Crippen LogP contribution < -0.4 is 5.32 Å². The average Bonchev–Trinajstić information content (AvgIpc) is 2.49. The third kappa shape index (κ3) is 3.15. The number of rotatable bonds is 2. The third-order valence-electron chi connectivity index (χ3n) is 4.39. The molecule has 2 fully saturated rings. The summed E-state index contributed by atoms with van der Waals surface area (Å²) in [5, 5.41) is 3.65. The van der Waals surface area contributed by atoms with Crippen molar-refractivity contribution < 1.29 is 0 Å². The van der Waals surface area contributed by atoms with Crippen LogP contribution in [0.1, 0.15) is 31.4 Å². The lowest BCUT2D eigenvalue weighted by Gasteiger charge is -2.45. The summed E-state index contributed by atoms with van der Waals surface area (Å²) in [4.78, 5) is 2.77. The summed E-state index contributed by atoms with van der Waals surface area (Å²) in [7, 11) is 0. The first kappa shape index (κ1) is 13.5. The SMILES string of the molecule is CC1CN(C2CCSCC2)C(c2ccccc2)CN1. The average molecular weight is 276 g/mol. The van der Waals surface area contributed by atoms with Gasteiger partial charge in [-0.15, -0.1) is 0 Å². The van der Waals surface area contributed by atoms with Crippen LogP contribution in [0.15, 0.2) is 30.3 Å². The molecule has 2 heterocycles. The molecule has 2 unspecified atom stereocenters. The zero-order valence-electron chi connectivity index (χ0n) is 11.7. The zero-order valence-corrected chi connectivity index (χ0v) is 12.5. The summed E-state index contributed by atoms with van der Waals surface area (Å²) in [6.07, 6.45) is 2.72. The van der Waals surface area contributed by atoms with E-state index in [1.54, 1.807) is 0 Å². The summed E-state index contributed by atoms with van der Waals surface area (Å²) < 4.78 is 0. The minimum absolute atomic E-state index is 0.561. The number of piperazine rings is 1. The Hall–Kier alpha value is -0.510. The van der Waals surface area contributed by atoms with Gasteiger partial charge in [0.2, 0.25) is 0 Å².